The summed E-state index contributed by atoms with van der Waals surface area (Å²) in [5.41, 5.74) is 1.42. The van der Waals surface area contributed by atoms with Gasteiger partial charge in [-0.2, -0.15) is 5.26 Å². The minimum atomic E-state index is -0.133. The van der Waals surface area contributed by atoms with Crippen LogP contribution >= 0.6 is 0 Å². The van der Waals surface area contributed by atoms with Crippen LogP contribution in [0.25, 0.3) is 0 Å². The van der Waals surface area contributed by atoms with Crippen molar-refractivity contribution in [3.8, 4) is 11.8 Å². The summed E-state index contributed by atoms with van der Waals surface area (Å²) in [6.45, 7) is 4.52. The molecule has 1 unspecified atom stereocenters. The summed E-state index contributed by atoms with van der Waals surface area (Å²) < 4.78 is 11.4. The van der Waals surface area contributed by atoms with Crippen LogP contribution in [0.4, 0.5) is 0 Å². The number of hydrogen-bond acceptors (Lipinski definition) is 4. The number of piperidine rings is 1. The summed E-state index contributed by atoms with van der Waals surface area (Å²) in [7, 11) is 1.63. The maximum atomic E-state index is 8.95. The van der Waals surface area contributed by atoms with E-state index >= 15 is 0 Å². The van der Waals surface area contributed by atoms with Crippen LogP contribution in [0.15, 0.2) is 18.2 Å². The van der Waals surface area contributed by atoms with Crippen LogP contribution in [0, 0.1) is 11.3 Å². The molecule has 0 bridgehead atoms. The third-order valence-electron chi connectivity index (χ3n) is 3.54. The second-order valence-corrected chi connectivity index (χ2v) is 5.16. The number of rotatable bonds is 4. The fraction of sp³-hybridized carbons (Fsp3) is 0.533. The number of benzene rings is 1. The third kappa shape index (κ3) is 3.46. The molecule has 0 spiro atoms. The molecular formula is C15H20N2O2. The van der Waals surface area contributed by atoms with Crippen LogP contribution in [0.1, 0.15) is 30.9 Å². The summed E-state index contributed by atoms with van der Waals surface area (Å²) in [5, 5.41) is 12.3. The first-order chi connectivity index (χ1) is 9.17. The second-order valence-electron chi connectivity index (χ2n) is 5.16. The summed E-state index contributed by atoms with van der Waals surface area (Å²) in [5.74, 6) is 0.770. The lowest BCUT2D eigenvalue weighted by Crippen LogP contribution is -2.45. The largest absolute Gasteiger partial charge is 0.496 e. The molecule has 1 aromatic rings. The highest BCUT2D eigenvalue weighted by Crippen LogP contribution is 2.26. The summed E-state index contributed by atoms with van der Waals surface area (Å²) in [6, 6.07) is 7.55. The Morgan fingerprint density at radius 1 is 1.47 bits per heavy atom. The van der Waals surface area contributed by atoms with Gasteiger partial charge in [-0.3, -0.25) is 0 Å². The van der Waals surface area contributed by atoms with Gasteiger partial charge in [0.05, 0.1) is 31.0 Å². The Hall–Kier alpha value is -1.57. The highest BCUT2D eigenvalue weighted by atomic mass is 16.5. The van der Waals surface area contributed by atoms with Crippen LogP contribution in [0.5, 0.6) is 5.75 Å². The maximum absolute atomic E-state index is 8.95. The van der Waals surface area contributed by atoms with Gasteiger partial charge in [0.1, 0.15) is 5.75 Å². The molecular weight excluding hydrogens is 240 g/mol. The predicted molar refractivity (Wildman–Crippen MR) is 73.0 cm³/mol. The fourth-order valence-electron chi connectivity index (χ4n) is 2.36. The van der Waals surface area contributed by atoms with Crippen LogP contribution in [0.3, 0.4) is 0 Å². The molecule has 0 saturated carbocycles. The molecule has 4 nitrogen and oxygen atoms in total. The van der Waals surface area contributed by atoms with E-state index in [0.29, 0.717) is 12.2 Å². The number of nitriles is 1. The predicted octanol–water partition coefficient (Wildman–Crippen LogP) is 2.23. The van der Waals surface area contributed by atoms with E-state index in [-0.39, 0.29) is 5.60 Å². The monoisotopic (exact) mass is 260 g/mol. The Morgan fingerprint density at radius 2 is 2.32 bits per heavy atom. The van der Waals surface area contributed by atoms with Gasteiger partial charge in [-0.1, -0.05) is 0 Å². The van der Waals surface area contributed by atoms with Gasteiger partial charge in [0.2, 0.25) is 0 Å². The number of hydrogen-bond donors (Lipinski definition) is 1. The lowest BCUT2D eigenvalue weighted by atomic mass is 9.96. The van der Waals surface area contributed by atoms with Crippen LogP contribution in [-0.4, -0.2) is 25.8 Å². The minimum absolute atomic E-state index is 0.133. The molecule has 1 aromatic carbocycles. The van der Waals surface area contributed by atoms with Crippen molar-refractivity contribution in [1.29, 1.82) is 5.26 Å². The fourth-order valence-corrected chi connectivity index (χ4v) is 2.36. The highest BCUT2D eigenvalue weighted by molar-refractivity contribution is 5.41. The van der Waals surface area contributed by atoms with Crippen molar-refractivity contribution in [1.82, 2.24) is 5.32 Å². The first-order valence-electron chi connectivity index (χ1n) is 6.58. The highest BCUT2D eigenvalue weighted by Gasteiger charge is 2.27. The van der Waals surface area contributed by atoms with Gasteiger partial charge in [-0.25, -0.2) is 0 Å². The van der Waals surface area contributed by atoms with E-state index in [9.17, 15) is 0 Å². The summed E-state index contributed by atoms with van der Waals surface area (Å²) in [4.78, 5) is 0. The van der Waals surface area contributed by atoms with E-state index in [4.69, 9.17) is 14.7 Å². The molecule has 0 aliphatic carbocycles. The van der Waals surface area contributed by atoms with Gasteiger partial charge in [0, 0.05) is 12.1 Å². The van der Waals surface area contributed by atoms with E-state index in [1.54, 1.807) is 13.2 Å². The molecule has 2 rings (SSSR count). The molecule has 1 N–H and O–H groups in total. The number of methoxy groups -OCH3 is 1. The average Bonchev–Trinajstić information content (AvgIpc) is 2.45. The Balaban J connectivity index is 2.07. The van der Waals surface area contributed by atoms with E-state index in [1.807, 2.05) is 12.1 Å². The van der Waals surface area contributed by atoms with Gasteiger partial charge in [-0.15, -0.1) is 0 Å². The molecule has 19 heavy (non-hydrogen) atoms. The molecule has 1 saturated heterocycles. The SMILES string of the molecule is COc1ccc(C#N)cc1COC1(C)CCCNC1. The van der Waals surface area contributed by atoms with Gasteiger partial charge < -0.3 is 14.8 Å². The normalized spacial score (nSPS) is 22.8. The third-order valence-corrected chi connectivity index (χ3v) is 3.54. The summed E-state index contributed by atoms with van der Waals surface area (Å²) >= 11 is 0. The molecule has 1 atom stereocenters. The summed E-state index contributed by atoms with van der Waals surface area (Å²) in [6.07, 6.45) is 2.19. The molecule has 1 heterocycles. The average molecular weight is 260 g/mol. The Bertz CT molecular complexity index is 474. The molecule has 1 aliphatic heterocycles. The molecule has 1 aliphatic rings. The standard InChI is InChI=1S/C15H20N2O2/c1-15(6-3-7-17-11-15)19-10-13-8-12(9-16)4-5-14(13)18-2/h4-5,8,17H,3,6-7,10-11H2,1-2H3. The number of nitrogens with one attached hydrogen (secondary N) is 1. The Morgan fingerprint density at radius 3 is 2.95 bits per heavy atom. The lowest BCUT2D eigenvalue weighted by molar-refractivity contribution is -0.0576. The maximum Gasteiger partial charge on any atom is 0.124 e. The molecule has 102 valence electrons. The van der Waals surface area contributed by atoms with Crippen molar-refractivity contribution in [2.24, 2.45) is 0 Å². The van der Waals surface area contributed by atoms with Gasteiger partial charge in [0.25, 0.3) is 0 Å². The first kappa shape index (κ1) is 13.9. The smallest absolute Gasteiger partial charge is 0.124 e. The van der Waals surface area contributed by atoms with Crippen molar-refractivity contribution >= 4 is 0 Å². The van der Waals surface area contributed by atoms with Crippen molar-refractivity contribution in [3.05, 3.63) is 29.3 Å². The second kappa shape index (κ2) is 6.05. The molecule has 4 heteroatoms. The number of ether oxygens (including phenoxy) is 2. The molecule has 0 radical (unpaired) electrons. The van der Waals surface area contributed by atoms with Crippen LogP contribution in [0.2, 0.25) is 0 Å². The van der Waals surface area contributed by atoms with Crippen LogP contribution < -0.4 is 10.1 Å². The quantitative estimate of drug-likeness (QED) is 0.902. The zero-order chi connectivity index (χ0) is 13.7. The molecule has 0 amide bonds. The van der Waals surface area contributed by atoms with Crippen molar-refractivity contribution < 1.29 is 9.47 Å². The van der Waals surface area contributed by atoms with Crippen molar-refractivity contribution in [2.45, 2.75) is 32.0 Å². The van der Waals surface area contributed by atoms with Gasteiger partial charge in [-0.05, 0) is 44.5 Å². The van der Waals surface area contributed by atoms with E-state index in [2.05, 4.69) is 18.3 Å². The lowest BCUT2D eigenvalue weighted by Gasteiger charge is -2.34. The van der Waals surface area contributed by atoms with E-state index < -0.39 is 0 Å². The topological polar surface area (TPSA) is 54.3 Å². The first-order valence-corrected chi connectivity index (χ1v) is 6.58. The van der Waals surface area contributed by atoms with Crippen molar-refractivity contribution in [3.63, 3.8) is 0 Å². The zero-order valence-corrected chi connectivity index (χ0v) is 11.5. The van der Waals surface area contributed by atoms with E-state index in [0.717, 1.165) is 37.2 Å². The molecule has 1 fully saturated rings. The van der Waals surface area contributed by atoms with Gasteiger partial charge in [0.15, 0.2) is 0 Å². The Kier molecular flexibility index (Phi) is 4.41. The molecule has 0 aromatic heterocycles. The number of nitrogens with zero attached hydrogens (tertiary/aromatic N) is 1. The van der Waals surface area contributed by atoms with E-state index in [1.165, 1.54) is 0 Å². The van der Waals surface area contributed by atoms with Crippen molar-refractivity contribution in [2.75, 3.05) is 20.2 Å². The van der Waals surface area contributed by atoms with Gasteiger partial charge >= 0.3 is 0 Å². The Labute approximate surface area is 114 Å². The van der Waals surface area contributed by atoms with Crippen LogP contribution in [-0.2, 0) is 11.3 Å². The minimum Gasteiger partial charge on any atom is -0.496 e. The zero-order valence-electron chi connectivity index (χ0n) is 11.5.